The number of rotatable bonds is 7. The van der Waals surface area contributed by atoms with Crippen LogP contribution in [0.25, 0.3) is 0 Å². The summed E-state index contributed by atoms with van der Waals surface area (Å²) in [6.07, 6.45) is -1.19. The lowest BCUT2D eigenvalue weighted by Gasteiger charge is -2.32. The summed E-state index contributed by atoms with van der Waals surface area (Å²) in [4.78, 5) is 6.29. The van der Waals surface area contributed by atoms with Gasteiger partial charge in [-0.15, -0.1) is 37.2 Å². The van der Waals surface area contributed by atoms with Crippen molar-refractivity contribution in [3.63, 3.8) is 0 Å². The lowest BCUT2D eigenvalue weighted by Crippen LogP contribution is -2.50. The van der Waals surface area contributed by atoms with Crippen molar-refractivity contribution in [2.45, 2.75) is 24.4 Å². The quantitative estimate of drug-likeness (QED) is 0.634. The summed E-state index contributed by atoms with van der Waals surface area (Å²) in [5.41, 5.74) is 0. The first kappa shape index (κ1) is 27.5. The first-order chi connectivity index (χ1) is 8.86. The van der Waals surface area contributed by atoms with Gasteiger partial charge in [-0.05, 0) is 35.2 Å². The van der Waals surface area contributed by atoms with Gasteiger partial charge in [-0.25, -0.2) is 0 Å². The van der Waals surface area contributed by atoms with Gasteiger partial charge >= 0.3 is 0 Å². The Morgan fingerprint density at radius 3 is 1.82 bits per heavy atom. The molecule has 1 heterocycles. The minimum Gasteiger partial charge on any atom is -0.394 e. The second-order valence-electron chi connectivity index (χ2n) is 5.92. The Morgan fingerprint density at radius 2 is 1.41 bits per heavy atom. The van der Waals surface area contributed by atoms with E-state index in [0.29, 0.717) is 0 Å². The zero-order valence-electron chi connectivity index (χ0n) is 14.0. The van der Waals surface area contributed by atoms with E-state index < -0.39 is 12.2 Å². The molecule has 1 aliphatic heterocycles. The largest absolute Gasteiger partial charge is 0.394 e. The molecule has 0 radical (unpaired) electrons. The molecule has 0 unspecified atom stereocenters. The topological polar surface area (TPSA) is 59.4 Å². The van der Waals surface area contributed by atoms with Gasteiger partial charge in [-0.2, -0.15) is 0 Å². The van der Waals surface area contributed by atoms with Gasteiger partial charge in [0.05, 0.1) is 18.8 Å². The van der Waals surface area contributed by atoms with Crippen LogP contribution in [0, 0.1) is 0 Å². The Balaban J connectivity index is -0.00000120. The molecule has 0 spiro atoms. The van der Waals surface area contributed by atoms with E-state index in [1.54, 1.807) is 0 Å². The number of ether oxygens (including phenoxy) is 1. The van der Waals surface area contributed by atoms with Crippen LogP contribution in [0.3, 0.4) is 0 Å². The van der Waals surface area contributed by atoms with Crippen molar-refractivity contribution in [2.24, 2.45) is 0 Å². The maximum atomic E-state index is 10.3. The lowest BCUT2D eigenvalue weighted by atomic mass is 10.0. The smallest absolute Gasteiger partial charge is 0.109 e. The van der Waals surface area contributed by atoms with E-state index in [4.69, 9.17) is 4.74 Å². The van der Waals surface area contributed by atoms with Crippen molar-refractivity contribution >= 4 is 37.2 Å². The van der Waals surface area contributed by atoms with Crippen LogP contribution in [0.15, 0.2) is 0 Å². The highest BCUT2D eigenvalue weighted by atomic mass is 35.5. The molecule has 6 nitrogen and oxygen atoms in total. The van der Waals surface area contributed by atoms with Gasteiger partial charge in [0.15, 0.2) is 0 Å². The fraction of sp³-hybridized carbons (Fsp3) is 1.00. The number of aliphatic hydroxyl groups excluding tert-OH is 2. The standard InChI is InChI=1S/C13H29N3O3.3ClH/c1-14(2)6-7-16(5)12-10(8-15(3)4)19-11(9-17)13(12)18;;;/h10-13,17-18H,6-9H2,1-5H3;3*1H/t10-,11+,12+,13-;;;/m1.../s1. The summed E-state index contributed by atoms with van der Waals surface area (Å²) >= 11 is 0. The highest BCUT2D eigenvalue weighted by Crippen LogP contribution is 2.25. The number of likely N-dealkylation sites (N-methyl/N-ethyl adjacent to an activating group) is 3. The number of nitrogens with zero attached hydrogens (tertiary/aromatic N) is 3. The zero-order chi connectivity index (χ0) is 14.6. The summed E-state index contributed by atoms with van der Waals surface area (Å²) in [5, 5.41) is 19.6. The van der Waals surface area contributed by atoms with E-state index in [0.717, 1.165) is 19.6 Å². The van der Waals surface area contributed by atoms with Crippen LogP contribution >= 0.6 is 37.2 Å². The normalized spacial score (nSPS) is 27.5. The SMILES string of the molecule is CN(C)CCN(C)[C@@H]1[C@H](O)[C@H](CO)O[C@@H]1CN(C)C.Cl.Cl.Cl. The van der Waals surface area contributed by atoms with Gasteiger partial charge < -0.3 is 24.7 Å². The van der Waals surface area contributed by atoms with Crippen LogP contribution in [0.2, 0.25) is 0 Å². The molecule has 0 aromatic rings. The molecule has 1 saturated heterocycles. The minimum absolute atomic E-state index is 0. The van der Waals surface area contributed by atoms with Gasteiger partial charge in [0.2, 0.25) is 0 Å². The number of aliphatic hydroxyl groups is 2. The van der Waals surface area contributed by atoms with Crippen LogP contribution in [-0.4, -0.2) is 111 Å². The lowest BCUT2D eigenvalue weighted by molar-refractivity contribution is -0.0273. The second kappa shape index (κ2) is 13.0. The summed E-state index contributed by atoms with van der Waals surface area (Å²) in [6.45, 7) is 2.39. The van der Waals surface area contributed by atoms with Gasteiger partial charge in [0, 0.05) is 19.6 Å². The Labute approximate surface area is 153 Å². The molecule has 1 fully saturated rings. The molecule has 0 aromatic heterocycles. The third-order valence-electron chi connectivity index (χ3n) is 3.60. The van der Waals surface area contributed by atoms with Crippen LogP contribution in [0.5, 0.6) is 0 Å². The maximum absolute atomic E-state index is 10.3. The van der Waals surface area contributed by atoms with Crippen molar-refractivity contribution in [2.75, 3.05) is 61.5 Å². The van der Waals surface area contributed by atoms with Crippen molar-refractivity contribution in [3.05, 3.63) is 0 Å². The molecular weight excluding hydrogens is 353 g/mol. The first-order valence-electron chi connectivity index (χ1n) is 6.81. The molecule has 2 N–H and O–H groups in total. The van der Waals surface area contributed by atoms with Gasteiger partial charge in [-0.1, -0.05) is 0 Å². The molecule has 4 atom stereocenters. The summed E-state index contributed by atoms with van der Waals surface area (Å²) in [6, 6.07) is -0.0699. The molecule has 1 rings (SSSR count). The van der Waals surface area contributed by atoms with Gasteiger partial charge in [0.25, 0.3) is 0 Å². The molecule has 0 amide bonds. The van der Waals surface area contributed by atoms with E-state index in [1.807, 2.05) is 40.1 Å². The number of hydrogen-bond acceptors (Lipinski definition) is 6. The van der Waals surface area contributed by atoms with E-state index in [9.17, 15) is 10.2 Å². The maximum Gasteiger partial charge on any atom is 0.109 e. The molecule has 0 aliphatic carbocycles. The van der Waals surface area contributed by atoms with Crippen molar-refractivity contribution in [1.29, 1.82) is 0 Å². The summed E-state index contributed by atoms with van der Waals surface area (Å²) in [5.74, 6) is 0. The second-order valence-corrected chi connectivity index (χ2v) is 5.92. The van der Waals surface area contributed by atoms with Crippen molar-refractivity contribution in [1.82, 2.24) is 14.7 Å². The van der Waals surface area contributed by atoms with Crippen LogP contribution in [0.1, 0.15) is 0 Å². The van der Waals surface area contributed by atoms with Gasteiger partial charge in [0.1, 0.15) is 12.2 Å². The Morgan fingerprint density at radius 1 is 0.864 bits per heavy atom. The van der Waals surface area contributed by atoms with E-state index in [2.05, 4.69) is 9.80 Å². The van der Waals surface area contributed by atoms with E-state index >= 15 is 0 Å². The predicted molar refractivity (Wildman–Crippen MR) is 97.0 cm³/mol. The number of hydrogen-bond donors (Lipinski definition) is 2. The monoisotopic (exact) mass is 383 g/mol. The molecule has 9 heteroatoms. The zero-order valence-corrected chi connectivity index (χ0v) is 16.5. The average Bonchev–Trinajstić information content (AvgIpc) is 2.61. The van der Waals surface area contributed by atoms with Crippen molar-refractivity contribution < 1.29 is 14.9 Å². The third-order valence-corrected chi connectivity index (χ3v) is 3.60. The highest BCUT2D eigenvalue weighted by Gasteiger charge is 2.45. The fourth-order valence-corrected chi connectivity index (χ4v) is 2.54. The summed E-state index contributed by atoms with van der Waals surface area (Å²) in [7, 11) is 10.0. The first-order valence-corrected chi connectivity index (χ1v) is 6.81. The Bertz CT molecular complexity index is 276. The minimum atomic E-state index is -0.637. The van der Waals surface area contributed by atoms with Crippen LogP contribution < -0.4 is 0 Å². The highest BCUT2D eigenvalue weighted by molar-refractivity contribution is 5.86. The third kappa shape index (κ3) is 7.95. The number of halogens is 3. The van der Waals surface area contributed by atoms with E-state index in [-0.39, 0.29) is 56.0 Å². The molecular formula is C13H32Cl3N3O3. The molecule has 0 aromatic carbocycles. The molecule has 0 saturated carbocycles. The van der Waals surface area contributed by atoms with Crippen molar-refractivity contribution in [3.8, 4) is 0 Å². The molecule has 1 aliphatic rings. The molecule has 22 heavy (non-hydrogen) atoms. The Hall–Kier alpha value is 0.630. The van der Waals surface area contributed by atoms with E-state index in [1.165, 1.54) is 0 Å². The molecule has 0 bridgehead atoms. The molecule has 138 valence electrons. The van der Waals surface area contributed by atoms with Crippen LogP contribution in [-0.2, 0) is 4.74 Å². The Kier molecular flexibility index (Phi) is 16.2. The van der Waals surface area contributed by atoms with Crippen LogP contribution in [0.4, 0.5) is 0 Å². The fourth-order valence-electron chi connectivity index (χ4n) is 2.54. The van der Waals surface area contributed by atoms with Gasteiger partial charge in [-0.3, -0.25) is 4.90 Å². The average molecular weight is 385 g/mol. The predicted octanol–water partition coefficient (Wildman–Crippen LogP) is -0.204. The summed E-state index contributed by atoms with van der Waals surface area (Å²) < 4.78 is 5.78.